The molecule has 1 aliphatic carbocycles. The Labute approximate surface area is 118 Å². The topological polar surface area (TPSA) is 0 Å². The Morgan fingerprint density at radius 3 is 2.53 bits per heavy atom. The molecule has 0 nitrogen and oxygen atoms in total. The highest BCUT2D eigenvalue weighted by Gasteiger charge is 2.25. The van der Waals surface area contributed by atoms with Gasteiger partial charge in [0.15, 0.2) is 0 Å². The average molecular weight is 292 g/mol. The molecule has 1 unspecified atom stereocenters. The van der Waals surface area contributed by atoms with Crippen molar-refractivity contribution in [2.24, 2.45) is 11.8 Å². The van der Waals surface area contributed by atoms with E-state index in [1.165, 1.54) is 25.7 Å². The third-order valence-corrected chi connectivity index (χ3v) is 5.03. The molecular weight excluding hydrogens is 275 g/mol. The molecule has 94 valence electrons. The Morgan fingerprint density at radius 2 is 1.88 bits per heavy atom. The van der Waals surface area contributed by atoms with Crippen LogP contribution in [0, 0.1) is 11.8 Å². The standard InChI is InChI=1S/C14H17Cl3/c15-9-12(10-4-1-2-5-10)8-11-6-3-7-13(16)14(11)17/h3,6-7,10,12H,1-2,4-5,8-9H2. The maximum atomic E-state index is 6.23. The molecule has 0 aromatic heterocycles. The molecule has 1 fully saturated rings. The number of hydrogen-bond donors (Lipinski definition) is 0. The van der Waals surface area contributed by atoms with Crippen LogP contribution in [-0.4, -0.2) is 5.88 Å². The third kappa shape index (κ3) is 3.30. The normalized spacial score (nSPS) is 18.5. The molecule has 17 heavy (non-hydrogen) atoms. The van der Waals surface area contributed by atoms with Gasteiger partial charge in [-0.15, -0.1) is 11.6 Å². The van der Waals surface area contributed by atoms with Gasteiger partial charge in [0.1, 0.15) is 0 Å². The maximum Gasteiger partial charge on any atom is 0.0624 e. The smallest absolute Gasteiger partial charge is 0.0624 e. The summed E-state index contributed by atoms with van der Waals surface area (Å²) in [6.45, 7) is 0. The lowest BCUT2D eigenvalue weighted by Gasteiger charge is -2.21. The molecular formula is C14H17Cl3. The van der Waals surface area contributed by atoms with Gasteiger partial charge in [-0.2, -0.15) is 0 Å². The zero-order valence-corrected chi connectivity index (χ0v) is 12.0. The largest absolute Gasteiger partial charge is 0.126 e. The van der Waals surface area contributed by atoms with Gasteiger partial charge in [0.05, 0.1) is 10.0 Å². The molecule has 1 atom stereocenters. The number of rotatable bonds is 4. The van der Waals surface area contributed by atoms with Crippen molar-refractivity contribution in [2.75, 3.05) is 5.88 Å². The minimum absolute atomic E-state index is 0.537. The third-order valence-electron chi connectivity index (χ3n) is 3.78. The van der Waals surface area contributed by atoms with E-state index >= 15 is 0 Å². The second-order valence-electron chi connectivity index (χ2n) is 4.88. The van der Waals surface area contributed by atoms with E-state index in [-0.39, 0.29) is 0 Å². The van der Waals surface area contributed by atoms with Gasteiger partial charge in [-0.3, -0.25) is 0 Å². The zero-order chi connectivity index (χ0) is 12.3. The monoisotopic (exact) mass is 290 g/mol. The maximum absolute atomic E-state index is 6.23. The van der Waals surface area contributed by atoms with Crippen molar-refractivity contribution >= 4 is 34.8 Å². The molecule has 0 spiro atoms. The molecule has 1 aliphatic rings. The van der Waals surface area contributed by atoms with Crippen LogP contribution >= 0.6 is 34.8 Å². The van der Waals surface area contributed by atoms with E-state index in [0.717, 1.165) is 17.9 Å². The van der Waals surface area contributed by atoms with Crippen LogP contribution in [-0.2, 0) is 6.42 Å². The van der Waals surface area contributed by atoms with Gasteiger partial charge in [0, 0.05) is 5.88 Å². The molecule has 0 saturated heterocycles. The van der Waals surface area contributed by atoms with Gasteiger partial charge in [0.25, 0.3) is 0 Å². The van der Waals surface area contributed by atoms with Crippen molar-refractivity contribution < 1.29 is 0 Å². The van der Waals surface area contributed by atoms with Crippen molar-refractivity contribution in [1.82, 2.24) is 0 Å². The molecule has 1 aromatic rings. The van der Waals surface area contributed by atoms with E-state index in [9.17, 15) is 0 Å². The first-order chi connectivity index (χ1) is 8.22. The number of halogens is 3. The number of benzene rings is 1. The van der Waals surface area contributed by atoms with E-state index in [1.54, 1.807) is 0 Å². The first kappa shape index (κ1) is 13.5. The van der Waals surface area contributed by atoms with Crippen LogP contribution in [0.15, 0.2) is 18.2 Å². The van der Waals surface area contributed by atoms with Gasteiger partial charge < -0.3 is 0 Å². The molecule has 1 aromatic carbocycles. The summed E-state index contributed by atoms with van der Waals surface area (Å²) in [7, 11) is 0. The van der Waals surface area contributed by atoms with E-state index < -0.39 is 0 Å². The van der Waals surface area contributed by atoms with Crippen LogP contribution in [0.25, 0.3) is 0 Å². The fourth-order valence-corrected chi connectivity index (χ4v) is 3.52. The van der Waals surface area contributed by atoms with Crippen LogP contribution in [0.1, 0.15) is 31.2 Å². The fourth-order valence-electron chi connectivity index (χ4n) is 2.76. The molecule has 0 N–H and O–H groups in total. The van der Waals surface area contributed by atoms with Crippen LogP contribution in [0.3, 0.4) is 0 Å². The Balaban J connectivity index is 2.09. The van der Waals surface area contributed by atoms with Gasteiger partial charge in [0.2, 0.25) is 0 Å². The Hall–Kier alpha value is 0.0900. The van der Waals surface area contributed by atoms with Crippen molar-refractivity contribution in [2.45, 2.75) is 32.1 Å². The van der Waals surface area contributed by atoms with Crippen molar-refractivity contribution in [3.63, 3.8) is 0 Å². The van der Waals surface area contributed by atoms with Gasteiger partial charge >= 0.3 is 0 Å². The first-order valence-electron chi connectivity index (χ1n) is 6.21. The molecule has 0 aliphatic heterocycles. The highest BCUT2D eigenvalue weighted by Crippen LogP contribution is 2.36. The Kier molecular flexibility index (Phi) is 5.02. The summed E-state index contributed by atoms with van der Waals surface area (Å²) in [5.41, 5.74) is 1.14. The first-order valence-corrected chi connectivity index (χ1v) is 7.50. The molecule has 2 rings (SSSR count). The second-order valence-corrected chi connectivity index (χ2v) is 5.97. The number of alkyl halides is 1. The van der Waals surface area contributed by atoms with Crippen LogP contribution in [0.5, 0.6) is 0 Å². The Morgan fingerprint density at radius 1 is 1.18 bits per heavy atom. The molecule has 3 heteroatoms. The summed E-state index contributed by atoms with van der Waals surface area (Å²) >= 11 is 18.4. The summed E-state index contributed by atoms with van der Waals surface area (Å²) in [4.78, 5) is 0. The summed E-state index contributed by atoms with van der Waals surface area (Å²) in [6, 6.07) is 5.85. The second kappa shape index (κ2) is 6.31. The molecule has 0 bridgehead atoms. The molecule has 0 radical (unpaired) electrons. The van der Waals surface area contributed by atoms with E-state index in [2.05, 4.69) is 6.07 Å². The summed E-state index contributed by atoms with van der Waals surface area (Å²) in [5, 5.41) is 1.34. The average Bonchev–Trinajstić information content (AvgIpc) is 2.85. The SMILES string of the molecule is ClCC(Cc1cccc(Cl)c1Cl)C1CCCC1. The lowest BCUT2D eigenvalue weighted by atomic mass is 9.87. The summed E-state index contributed by atoms with van der Waals surface area (Å²) in [5.74, 6) is 2.02. The quantitative estimate of drug-likeness (QED) is 0.635. The van der Waals surface area contributed by atoms with Crippen molar-refractivity contribution in [1.29, 1.82) is 0 Å². The summed E-state index contributed by atoms with van der Waals surface area (Å²) in [6.07, 6.45) is 6.28. The summed E-state index contributed by atoms with van der Waals surface area (Å²) < 4.78 is 0. The molecule has 1 saturated carbocycles. The van der Waals surface area contributed by atoms with Crippen LogP contribution < -0.4 is 0 Å². The van der Waals surface area contributed by atoms with Crippen molar-refractivity contribution in [3.05, 3.63) is 33.8 Å². The van der Waals surface area contributed by atoms with Crippen molar-refractivity contribution in [3.8, 4) is 0 Å². The minimum Gasteiger partial charge on any atom is -0.126 e. The zero-order valence-electron chi connectivity index (χ0n) is 9.76. The lowest BCUT2D eigenvalue weighted by molar-refractivity contribution is 0.369. The highest BCUT2D eigenvalue weighted by molar-refractivity contribution is 6.42. The predicted octanol–water partition coefficient (Wildman–Crippen LogP) is 5.58. The fraction of sp³-hybridized carbons (Fsp3) is 0.571. The van der Waals surface area contributed by atoms with Crippen LogP contribution in [0.4, 0.5) is 0 Å². The van der Waals surface area contributed by atoms with E-state index in [1.807, 2.05) is 12.1 Å². The Bertz CT molecular complexity index is 370. The minimum atomic E-state index is 0.537. The lowest BCUT2D eigenvalue weighted by Crippen LogP contribution is -2.16. The van der Waals surface area contributed by atoms with Gasteiger partial charge in [-0.1, -0.05) is 61.0 Å². The van der Waals surface area contributed by atoms with Crippen LogP contribution in [0.2, 0.25) is 10.0 Å². The van der Waals surface area contributed by atoms with E-state index in [4.69, 9.17) is 34.8 Å². The molecule has 0 heterocycles. The van der Waals surface area contributed by atoms with Gasteiger partial charge in [-0.05, 0) is 29.9 Å². The molecule has 0 amide bonds. The highest BCUT2D eigenvalue weighted by atomic mass is 35.5. The van der Waals surface area contributed by atoms with E-state index in [0.29, 0.717) is 21.8 Å². The van der Waals surface area contributed by atoms with Gasteiger partial charge in [-0.25, -0.2) is 0 Å². The number of hydrogen-bond acceptors (Lipinski definition) is 0. The predicted molar refractivity (Wildman–Crippen MR) is 76.3 cm³/mol.